The molecular formula is C5H10O2. The van der Waals surface area contributed by atoms with E-state index in [4.69, 9.17) is 12.6 Å². The summed E-state index contributed by atoms with van der Waals surface area (Å²) in [5.41, 5.74) is 0. The zero-order valence-electron chi connectivity index (χ0n) is 6.00. The van der Waals surface area contributed by atoms with Gasteiger partial charge in [-0.1, -0.05) is 0 Å². The highest BCUT2D eigenvalue weighted by Gasteiger charge is 2.20. The van der Waals surface area contributed by atoms with Crippen LogP contribution in [0.1, 0.15) is 16.1 Å². The maximum atomic E-state index is 8.99. The van der Waals surface area contributed by atoms with E-state index >= 15 is 0 Å². The van der Waals surface area contributed by atoms with Crippen LogP contribution in [0.2, 0.25) is 0 Å². The summed E-state index contributed by atoms with van der Waals surface area (Å²) in [7, 11) is 0. The molecule has 3 atom stereocenters. The van der Waals surface area contributed by atoms with Crippen molar-refractivity contribution in [2.24, 2.45) is 0 Å². The molecule has 1 rings (SSSR count). The highest BCUT2D eigenvalue weighted by atomic mass is 16.5. The second kappa shape index (κ2) is 1.80. The Morgan fingerprint density at radius 3 is 3.43 bits per heavy atom. The van der Waals surface area contributed by atoms with Crippen LogP contribution in [0.25, 0.3) is 0 Å². The maximum Gasteiger partial charge on any atom is 0.0821 e. The predicted octanol–water partition coefficient (Wildman–Crippen LogP) is 0.156. The lowest BCUT2D eigenvalue weighted by Crippen LogP contribution is -2.15. The second-order valence-electron chi connectivity index (χ2n) is 1.64. The van der Waals surface area contributed by atoms with Crippen LogP contribution in [-0.2, 0) is 4.74 Å². The first-order valence-corrected chi connectivity index (χ1v) is 2.29. The quantitative estimate of drug-likeness (QED) is 0.475. The molecule has 1 aliphatic rings. The number of aliphatic hydroxyl groups is 1. The molecule has 0 aromatic heterocycles. The molecule has 2 nitrogen and oxygen atoms in total. The molecule has 0 spiro atoms. The summed E-state index contributed by atoms with van der Waals surface area (Å²) in [5.74, 6) is 0. The zero-order chi connectivity index (χ0) is 6.85. The van der Waals surface area contributed by atoms with Crippen molar-refractivity contribution >= 4 is 0 Å². The second-order valence-corrected chi connectivity index (χ2v) is 1.64. The van der Waals surface area contributed by atoms with Gasteiger partial charge in [0.05, 0.1) is 13.6 Å². The van der Waals surface area contributed by atoms with E-state index in [1.165, 1.54) is 0 Å². The first kappa shape index (κ1) is 3.05. The van der Waals surface area contributed by atoms with Crippen molar-refractivity contribution in [3.63, 3.8) is 0 Å². The molecule has 0 bridgehead atoms. The Morgan fingerprint density at radius 1 is 2.29 bits per heavy atom. The minimum atomic E-state index is -0.615. The molecule has 0 amide bonds. The van der Waals surface area contributed by atoms with Crippen molar-refractivity contribution in [3.05, 3.63) is 0 Å². The third kappa shape index (κ3) is 0.924. The molecule has 1 heterocycles. The van der Waals surface area contributed by atoms with Crippen LogP contribution >= 0.6 is 0 Å². The van der Waals surface area contributed by atoms with Gasteiger partial charge in [0.2, 0.25) is 0 Å². The van der Waals surface area contributed by atoms with E-state index in [9.17, 15) is 0 Å². The topological polar surface area (TPSA) is 29.5 Å². The maximum absolute atomic E-state index is 8.99. The Hall–Kier alpha value is -0.0800. The van der Waals surface area contributed by atoms with Crippen molar-refractivity contribution in [1.82, 2.24) is 0 Å². The first-order valence-electron chi connectivity index (χ1n) is 3.57. The minimum Gasteiger partial charge on any atom is -0.390 e. The molecule has 0 aliphatic carbocycles. The monoisotopic (exact) mass is 105 g/mol. The number of aliphatic hydroxyl groups excluding tert-OH is 1. The van der Waals surface area contributed by atoms with Gasteiger partial charge in [0, 0.05) is 7.95 Å². The van der Waals surface area contributed by atoms with E-state index in [1.807, 2.05) is 0 Å². The summed E-state index contributed by atoms with van der Waals surface area (Å²) in [5, 5.41) is 8.99. The normalized spacial score (nSPS) is 56.4. The van der Waals surface area contributed by atoms with Crippen molar-refractivity contribution in [2.45, 2.75) is 25.5 Å². The molecule has 1 N–H and O–H groups in total. The van der Waals surface area contributed by atoms with Gasteiger partial charge in [0.25, 0.3) is 0 Å². The summed E-state index contributed by atoms with van der Waals surface area (Å²) in [6.07, 6.45) is -0.665. The molecule has 0 aromatic carbocycles. The third-order valence-electron chi connectivity index (χ3n) is 1.04. The van der Waals surface area contributed by atoms with Gasteiger partial charge in [0.15, 0.2) is 0 Å². The van der Waals surface area contributed by atoms with Gasteiger partial charge >= 0.3 is 0 Å². The lowest BCUT2D eigenvalue weighted by molar-refractivity contribution is 0.0556. The smallest absolute Gasteiger partial charge is 0.0821 e. The van der Waals surface area contributed by atoms with E-state index in [0.29, 0.717) is 6.42 Å². The Morgan fingerprint density at radius 2 is 3.14 bits per heavy atom. The number of ether oxygens (including phenoxy) is 1. The Labute approximate surface area is 45.9 Å². The van der Waals surface area contributed by atoms with Gasteiger partial charge in [-0.3, -0.25) is 0 Å². The van der Waals surface area contributed by atoms with Crippen LogP contribution in [0.15, 0.2) is 0 Å². The van der Waals surface area contributed by atoms with Crippen LogP contribution in [0.4, 0.5) is 0 Å². The van der Waals surface area contributed by atoms with Crippen molar-refractivity contribution in [2.75, 3.05) is 6.58 Å². The van der Waals surface area contributed by atoms with Gasteiger partial charge in [-0.15, -0.1) is 0 Å². The fraction of sp³-hybridized carbons (Fsp3) is 1.00. The van der Waals surface area contributed by atoms with Crippen LogP contribution in [-0.4, -0.2) is 23.9 Å². The molecule has 1 aliphatic heterocycles. The number of rotatable bonds is 0. The highest BCUT2D eigenvalue weighted by Crippen LogP contribution is 2.10. The van der Waals surface area contributed by atoms with Gasteiger partial charge < -0.3 is 9.84 Å². The fourth-order valence-corrected chi connectivity index (χ4v) is 0.520. The standard InChI is InChI=1S/C5H10O2/c1-4-5(6)2-3-7-4/h4-6H,2-3H2,1H3/t4-,5?/m1/s1/i1D,3T/t3-,4+,5?/m0. The zero-order valence-corrected chi connectivity index (χ0v) is 4.00. The molecular weight excluding hydrogens is 92.1 g/mol. The van der Waals surface area contributed by atoms with E-state index < -0.39 is 18.8 Å². The summed E-state index contributed by atoms with van der Waals surface area (Å²) >= 11 is 0. The van der Waals surface area contributed by atoms with E-state index in [2.05, 4.69) is 0 Å². The molecule has 7 heavy (non-hydrogen) atoms. The van der Waals surface area contributed by atoms with Gasteiger partial charge in [0.1, 0.15) is 0 Å². The summed E-state index contributed by atoms with van der Waals surface area (Å²) in [6.45, 7) is -0.563. The Balaban J connectivity index is 2.38. The molecule has 2 heteroatoms. The molecule has 1 fully saturated rings. The van der Waals surface area contributed by atoms with Gasteiger partial charge in [-0.25, -0.2) is 0 Å². The summed E-state index contributed by atoms with van der Waals surface area (Å²) in [4.78, 5) is 0. The number of hydrogen-bond acceptors (Lipinski definition) is 2. The van der Waals surface area contributed by atoms with Crippen LogP contribution in [0.3, 0.4) is 0 Å². The number of hydrogen-bond donors (Lipinski definition) is 1. The van der Waals surface area contributed by atoms with E-state index in [0.717, 1.165) is 0 Å². The Kier molecular flexibility index (Phi) is 0.784. The molecule has 1 unspecified atom stereocenters. The lowest BCUT2D eigenvalue weighted by Gasteiger charge is -2.03. The van der Waals surface area contributed by atoms with Gasteiger partial charge in [-0.2, -0.15) is 0 Å². The lowest BCUT2D eigenvalue weighted by atomic mass is 10.2. The van der Waals surface area contributed by atoms with Crippen LogP contribution in [0.5, 0.6) is 0 Å². The first-order chi connectivity index (χ1) is 4.24. The van der Waals surface area contributed by atoms with Crippen molar-refractivity contribution < 1.29 is 12.6 Å². The van der Waals surface area contributed by atoms with Crippen LogP contribution in [0, 0.1) is 0 Å². The van der Waals surface area contributed by atoms with Crippen LogP contribution < -0.4 is 0 Å². The molecule has 42 valence electrons. The highest BCUT2D eigenvalue weighted by molar-refractivity contribution is 4.69. The SMILES string of the molecule is [2H]C[C@H]1O[C@@H]([3H])CC1O. The largest absolute Gasteiger partial charge is 0.390 e. The minimum absolute atomic E-state index is 0.0521. The van der Waals surface area contributed by atoms with E-state index in [1.54, 1.807) is 0 Å². The van der Waals surface area contributed by atoms with Crippen molar-refractivity contribution in [1.29, 1.82) is 0 Å². The fourth-order valence-electron chi connectivity index (χ4n) is 0.520. The molecule has 1 saturated heterocycles. The summed E-state index contributed by atoms with van der Waals surface area (Å²) < 4.78 is 18.7. The molecule has 0 aromatic rings. The third-order valence-corrected chi connectivity index (χ3v) is 1.04. The van der Waals surface area contributed by atoms with Crippen molar-refractivity contribution in [3.8, 4) is 0 Å². The Bertz CT molecular complexity index is 99.0. The molecule has 0 saturated carbocycles. The molecule has 0 radical (unpaired) electrons. The van der Waals surface area contributed by atoms with E-state index in [-0.39, 0.29) is 6.90 Å². The average molecular weight is 105 g/mol. The summed E-state index contributed by atoms with van der Waals surface area (Å²) in [6, 6.07) is 0. The average Bonchev–Trinajstić information content (AvgIpc) is 2.10. The predicted molar refractivity (Wildman–Crippen MR) is 26.0 cm³/mol. The van der Waals surface area contributed by atoms with Gasteiger partial charge in [-0.05, 0) is 13.3 Å².